The summed E-state index contributed by atoms with van der Waals surface area (Å²) in [5.74, 6) is -0.731. The number of carbonyl (C=O) groups excluding carboxylic acids is 1. The molecule has 4 nitrogen and oxygen atoms in total. The van der Waals surface area contributed by atoms with Gasteiger partial charge >= 0.3 is 6.09 Å². The molecule has 1 aliphatic heterocycles. The number of halogens is 2. The summed E-state index contributed by atoms with van der Waals surface area (Å²) in [6, 6.07) is 2.46. The van der Waals surface area contributed by atoms with Gasteiger partial charge in [-0.3, -0.25) is 0 Å². The Hall–Kier alpha value is -1.72. The predicted octanol–water partition coefficient (Wildman–Crippen LogP) is 2.64. The van der Waals surface area contributed by atoms with E-state index in [1.54, 1.807) is 20.8 Å². The summed E-state index contributed by atoms with van der Waals surface area (Å²) in [6.07, 6.45) is 0.651. The Balaban J connectivity index is 2.00. The lowest BCUT2D eigenvalue weighted by atomic mass is 9.89. The highest BCUT2D eigenvalue weighted by Crippen LogP contribution is 2.36. The van der Waals surface area contributed by atoms with Crippen molar-refractivity contribution in [3.8, 4) is 0 Å². The largest absolute Gasteiger partial charge is 0.444 e. The topological polar surface area (TPSA) is 42.4 Å². The van der Waals surface area contributed by atoms with Gasteiger partial charge in [0.2, 0.25) is 5.95 Å². The van der Waals surface area contributed by atoms with Gasteiger partial charge in [0.1, 0.15) is 5.60 Å². The van der Waals surface area contributed by atoms with Crippen LogP contribution in [0.1, 0.15) is 26.3 Å². The molecule has 2 heterocycles. The third-order valence-corrected chi connectivity index (χ3v) is 2.78. The number of rotatable bonds is 1. The van der Waals surface area contributed by atoms with Gasteiger partial charge in [0.25, 0.3) is 0 Å². The summed E-state index contributed by atoms with van der Waals surface area (Å²) >= 11 is 0. The summed E-state index contributed by atoms with van der Waals surface area (Å²) in [6.45, 7) is 4.96. The fourth-order valence-corrected chi connectivity index (χ4v) is 1.88. The molecule has 1 amide bonds. The lowest BCUT2D eigenvalue weighted by Gasteiger charge is -2.44. The number of nitrogens with zero attached hydrogens (tertiary/aromatic N) is 2. The molecule has 1 saturated heterocycles. The molecule has 2 rings (SSSR count). The molecule has 0 saturated carbocycles. The number of alkyl halides is 1. The van der Waals surface area contributed by atoms with Gasteiger partial charge in [0.05, 0.1) is 13.1 Å². The van der Waals surface area contributed by atoms with Gasteiger partial charge in [0.15, 0.2) is 5.67 Å². The second-order valence-corrected chi connectivity index (χ2v) is 5.67. The van der Waals surface area contributed by atoms with Crippen molar-refractivity contribution in [2.24, 2.45) is 0 Å². The van der Waals surface area contributed by atoms with Crippen LogP contribution in [-0.4, -0.2) is 34.7 Å². The zero-order valence-electron chi connectivity index (χ0n) is 11.1. The molecule has 0 unspecified atom stereocenters. The molecule has 0 spiro atoms. The number of aromatic nitrogens is 1. The van der Waals surface area contributed by atoms with Crippen molar-refractivity contribution in [3.05, 3.63) is 29.8 Å². The predicted molar refractivity (Wildman–Crippen MR) is 64.8 cm³/mol. The van der Waals surface area contributed by atoms with E-state index in [2.05, 4.69) is 4.98 Å². The van der Waals surface area contributed by atoms with E-state index in [0.717, 1.165) is 6.07 Å². The van der Waals surface area contributed by atoms with E-state index in [1.807, 2.05) is 0 Å². The van der Waals surface area contributed by atoms with Crippen LogP contribution in [0, 0.1) is 5.95 Å². The molecule has 1 fully saturated rings. The van der Waals surface area contributed by atoms with Crippen LogP contribution in [0.2, 0.25) is 0 Å². The van der Waals surface area contributed by atoms with Gasteiger partial charge in [-0.05, 0) is 38.5 Å². The number of carbonyl (C=O) groups is 1. The molecule has 1 aliphatic rings. The second-order valence-electron chi connectivity index (χ2n) is 5.67. The van der Waals surface area contributed by atoms with Gasteiger partial charge in [-0.15, -0.1) is 0 Å². The van der Waals surface area contributed by atoms with E-state index in [0.29, 0.717) is 0 Å². The molecule has 6 heteroatoms. The third-order valence-electron chi connectivity index (χ3n) is 2.78. The average molecular weight is 270 g/mol. The van der Waals surface area contributed by atoms with E-state index < -0.39 is 23.3 Å². The number of pyridine rings is 1. The maximum absolute atomic E-state index is 14.4. The second kappa shape index (κ2) is 4.43. The first-order valence-electron chi connectivity index (χ1n) is 5.98. The van der Waals surface area contributed by atoms with Crippen molar-refractivity contribution in [1.29, 1.82) is 0 Å². The van der Waals surface area contributed by atoms with Crippen molar-refractivity contribution in [1.82, 2.24) is 9.88 Å². The van der Waals surface area contributed by atoms with Gasteiger partial charge in [0, 0.05) is 6.20 Å². The average Bonchev–Trinajstić information content (AvgIpc) is 2.22. The van der Waals surface area contributed by atoms with Crippen LogP contribution in [0.15, 0.2) is 18.3 Å². The number of likely N-dealkylation sites (tertiary alicyclic amines) is 1. The maximum Gasteiger partial charge on any atom is 0.410 e. The van der Waals surface area contributed by atoms with Crippen molar-refractivity contribution in [3.63, 3.8) is 0 Å². The quantitative estimate of drug-likeness (QED) is 0.737. The number of hydrogen-bond acceptors (Lipinski definition) is 3. The first-order chi connectivity index (χ1) is 8.70. The minimum atomic E-state index is -1.72. The van der Waals surface area contributed by atoms with E-state index in [1.165, 1.54) is 17.2 Å². The standard InChI is InChI=1S/C13H16F2N2O2/c1-12(2,3)19-11(18)17-7-13(15,8-17)9-4-5-16-10(14)6-9/h4-6H,7-8H2,1-3H3. The first kappa shape index (κ1) is 13.7. The zero-order chi connectivity index (χ0) is 14.3. The maximum atomic E-state index is 14.4. The minimum Gasteiger partial charge on any atom is -0.444 e. The van der Waals surface area contributed by atoms with Crippen LogP contribution in [0.25, 0.3) is 0 Å². The fraction of sp³-hybridized carbons (Fsp3) is 0.538. The van der Waals surface area contributed by atoms with Crippen molar-refractivity contribution in [2.45, 2.75) is 32.0 Å². The van der Waals surface area contributed by atoms with E-state index in [-0.39, 0.29) is 18.7 Å². The highest BCUT2D eigenvalue weighted by atomic mass is 19.1. The highest BCUT2D eigenvalue weighted by molar-refractivity contribution is 5.70. The number of amides is 1. The van der Waals surface area contributed by atoms with E-state index >= 15 is 0 Å². The lowest BCUT2D eigenvalue weighted by Crippen LogP contribution is -2.59. The summed E-state index contributed by atoms with van der Waals surface area (Å²) in [5, 5.41) is 0. The Morgan fingerprint density at radius 3 is 2.63 bits per heavy atom. The fourth-order valence-electron chi connectivity index (χ4n) is 1.88. The van der Waals surface area contributed by atoms with E-state index in [9.17, 15) is 13.6 Å². The summed E-state index contributed by atoms with van der Waals surface area (Å²) in [5.41, 5.74) is -2.14. The first-order valence-corrected chi connectivity index (χ1v) is 5.98. The van der Waals surface area contributed by atoms with Crippen LogP contribution in [-0.2, 0) is 10.4 Å². The van der Waals surface area contributed by atoms with Crippen LogP contribution in [0.5, 0.6) is 0 Å². The Morgan fingerprint density at radius 2 is 2.11 bits per heavy atom. The lowest BCUT2D eigenvalue weighted by molar-refractivity contribution is -0.0539. The molecule has 19 heavy (non-hydrogen) atoms. The molecule has 0 aliphatic carbocycles. The zero-order valence-corrected chi connectivity index (χ0v) is 11.1. The molecule has 0 radical (unpaired) electrons. The van der Waals surface area contributed by atoms with Crippen molar-refractivity contribution >= 4 is 6.09 Å². The molecule has 1 aromatic rings. The summed E-state index contributed by atoms with van der Waals surface area (Å²) in [4.78, 5) is 16.3. The Bertz CT molecular complexity index is 494. The molecule has 0 aromatic carbocycles. The highest BCUT2D eigenvalue weighted by Gasteiger charge is 2.48. The number of ether oxygens (including phenoxy) is 1. The van der Waals surface area contributed by atoms with Crippen molar-refractivity contribution < 1.29 is 18.3 Å². The van der Waals surface area contributed by atoms with Gasteiger partial charge in [-0.1, -0.05) is 0 Å². The molecule has 104 valence electrons. The molecule has 1 aromatic heterocycles. The molecule has 0 N–H and O–H groups in total. The SMILES string of the molecule is CC(C)(C)OC(=O)N1CC(F)(c2ccnc(F)c2)C1. The van der Waals surface area contributed by atoms with Crippen LogP contribution < -0.4 is 0 Å². The van der Waals surface area contributed by atoms with Gasteiger partial charge in [-0.25, -0.2) is 14.2 Å². The van der Waals surface area contributed by atoms with Crippen LogP contribution in [0.4, 0.5) is 13.6 Å². The monoisotopic (exact) mass is 270 g/mol. The Labute approximate surface area is 110 Å². The smallest absolute Gasteiger partial charge is 0.410 e. The molecular formula is C13H16F2N2O2. The minimum absolute atomic E-state index is 0.134. The molecule has 0 atom stereocenters. The van der Waals surface area contributed by atoms with E-state index in [4.69, 9.17) is 4.74 Å². The third kappa shape index (κ3) is 3.00. The number of hydrogen-bond donors (Lipinski definition) is 0. The van der Waals surface area contributed by atoms with Crippen molar-refractivity contribution in [2.75, 3.05) is 13.1 Å². The molecule has 0 bridgehead atoms. The van der Waals surface area contributed by atoms with Crippen LogP contribution >= 0.6 is 0 Å². The van der Waals surface area contributed by atoms with Crippen LogP contribution in [0.3, 0.4) is 0 Å². The Morgan fingerprint density at radius 1 is 1.47 bits per heavy atom. The van der Waals surface area contributed by atoms with Gasteiger partial charge in [-0.2, -0.15) is 4.39 Å². The summed E-state index contributed by atoms with van der Waals surface area (Å²) < 4.78 is 32.5. The summed E-state index contributed by atoms with van der Waals surface area (Å²) in [7, 11) is 0. The Kier molecular flexibility index (Phi) is 3.20. The van der Waals surface area contributed by atoms with Gasteiger partial charge < -0.3 is 9.64 Å². The normalized spacial score (nSPS) is 17.8. The molecular weight excluding hydrogens is 254 g/mol.